The van der Waals surface area contributed by atoms with Gasteiger partial charge in [0.25, 0.3) is 0 Å². The maximum absolute atomic E-state index is 13.1. The van der Waals surface area contributed by atoms with Gasteiger partial charge in [0.1, 0.15) is 11.3 Å². The van der Waals surface area contributed by atoms with Gasteiger partial charge in [0, 0.05) is 5.69 Å². The summed E-state index contributed by atoms with van der Waals surface area (Å²) in [6, 6.07) is 10.1. The fraction of sp³-hybridized carbons (Fsp3) is 0. The zero-order chi connectivity index (χ0) is 12.5. The number of thiazole rings is 1. The normalized spacial score (nSPS) is 10.7. The molecule has 0 unspecified atom stereocenters. The minimum atomic E-state index is -0.284. The van der Waals surface area contributed by atoms with Gasteiger partial charge in [-0.25, -0.2) is 9.37 Å². The van der Waals surface area contributed by atoms with Crippen LogP contribution in [0.25, 0.3) is 10.2 Å². The largest absolute Gasteiger partial charge is 0.395 e. The van der Waals surface area contributed by atoms with Crippen molar-refractivity contribution in [1.29, 1.82) is 0 Å². The molecule has 90 valence electrons. The number of nitrogens with zero attached hydrogens (tertiary/aromatic N) is 1. The summed E-state index contributed by atoms with van der Waals surface area (Å²) < 4.78 is 14.1. The summed E-state index contributed by atoms with van der Waals surface area (Å²) in [4.78, 5) is 4.22. The molecule has 0 radical (unpaired) electrons. The molecule has 0 fully saturated rings. The van der Waals surface area contributed by atoms with Crippen LogP contribution in [0, 0.1) is 5.82 Å². The van der Waals surface area contributed by atoms with E-state index >= 15 is 0 Å². The van der Waals surface area contributed by atoms with E-state index in [1.54, 1.807) is 29.0 Å². The van der Waals surface area contributed by atoms with Gasteiger partial charge in [-0.15, -0.1) is 11.3 Å². The summed E-state index contributed by atoms with van der Waals surface area (Å²) >= 11 is 1.54. The molecule has 1 heterocycles. The minimum Gasteiger partial charge on any atom is -0.395 e. The van der Waals surface area contributed by atoms with Crippen molar-refractivity contribution in [2.24, 2.45) is 0 Å². The molecular formula is C13H10FN3S. The van der Waals surface area contributed by atoms with Crippen molar-refractivity contribution >= 4 is 38.6 Å². The molecular weight excluding hydrogens is 249 g/mol. The van der Waals surface area contributed by atoms with Crippen LogP contribution in [0.4, 0.5) is 21.5 Å². The van der Waals surface area contributed by atoms with Gasteiger partial charge in [0.2, 0.25) is 0 Å². The van der Waals surface area contributed by atoms with E-state index in [0.29, 0.717) is 11.4 Å². The van der Waals surface area contributed by atoms with Crippen LogP contribution in [0.5, 0.6) is 0 Å². The van der Waals surface area contributed by atoms with Crippen LogP contribution >= 0.6 is 11.3 Å². The van der Waals surface area contributed by atoms with Crippen molar-refractivity contribution < 1.29 is 4.39 Å². The van der Waals surface area contributed by atoms with Crippen molar-refractivity contribution in [1.82, 2.24) is 4.98 Å². The van der Waals surface area contributed by atoms with Crippen LogP contribution in [0.1, 0.15) is 0 Å². The monoisotopic (exact) mass is 259 g/mol. The van der Waals surface area contributed by atoms with Crippen molar-refractivity contribution in [2.45, 2.75) is 0 Å². The lowest BCUT2D eigenvalue weighted by Crippen LogP contribution is -1.97. The summed E-state index contributed by atoms with van der Waals surface area (Å²) in [6.45, 7) is 0. The summed E-state index contributed by atoms with van der Waals surface area (Å²) in [7, 11) is 0. The van der Waals surface area contributed by atoms with Crippen LogP contribution in [0.3, 0.4) is 0 Å². The first-order valence-corrected chi connectivity index (χ1v) is 6.26. The number of nitrogens with one attached hydrogen (secondary N) is 1. The standard InChI is InChI=1S/C13H10FN3S/c14-8-2-1-3-9(6-8)17-10-4-5-11-13(12(10)15)16-7-18-11/h1-7,17H,15H2. The van der Waals surface area contributed by atoms with E-state index in [1.165, 1.54) is 12.1 Å². The maximum atomic E-state index is 13.1. The van der Waals surface area contributed by atoms with Gasteiger partial charge in [-0.2, -0.15) is 0 Å². The molecule has 3 rings (SSSR count). The Hall–Kier alpha value is -2.14. The van der Waals surface area contributed by atoms with Gasteiger partial charge in [0.05, 0.1) is 21.6 Å². The van der Waals surface area contributed by atoms with Crippen molar-refractivity contribution in [3.05, 3.63) is 47.7 Å². The Labute approximate surface area is 107 Å². The fourth-order valence-electron chi connectivity index (χ4n) is 1.78. The Morgan fingerprint density at radius 1 is 1.22 bits per heavy atom. The molecule has 0 spiro atoms. The smallest absolute Gasteiger partial charge is 0.125 e. The number of benzene rings is 2. The van der Waals surface area contributed by atoms with Gasteiger partial charge >= 0.3 is 0 Å². The lowest BCUT2D eigenvalue weighted by atomic mass is 10.2. The Kier molecular flexibility index (Phi) is 2.60. The quantitative estimate of drug-likeness (QED) is 0.689. The number of aromatic nitrogens is 1. The molecule has 0 aliphatic heterocycles. The highest BCUT2D eigenvalue weighted by atomic mass is 32.1. The second-order valence-electron chi connectivity index (χ2n) is 3.86. The second-order valence-corrected chi connectivity index (χ2v) is 4.75. The minimum absolute atomic E-state index is 0.284. The molecule has 2 aromatic carbocycles. The summed E-state index contributed by atoms with van der Waals surface area (Å²) in [6.07, 6.45) is 0. The average Bonchev–Trinajstić information content (AvgIpc) is 2.82. The first-order valence-electron chi connectivity index (χ1n) is 5.38. The topological polar surface area (TPSA) is 50.9 Å². The highest BCUT2D eigenvalue weighted by molar-refractivity contribution is 7.16. The predicted octanol–water partition coefficient (Wildman–Crippen LogP) is 3.76. The third-order valence-corrected chi connectivity index (χ3v) is 3.44. The Morgan fingerprint density at radius 3 is 2.94 bits per heavy atom. The summed E-state index contributed by atoms with van der Waals surface area (Å²) in [5.74, 6) is -0.284. The predicted molar refractivity (Wildman–Crippen MR) is 73.7 cm³/mol. The number of nitrogen functional groups attached to an aromatic ring is 1. The van der Waals surface area contributed by atoms with Gasteiger partial charge in [-0.3, -0.25) is 0 Å². The van der Waals surface area contributed by atoms with Crippen LogP contribution in [0.15, 0.2) is 41.9 Å². The summed E-state index contributed by atoms with van der Waals surface area (Å²) in [5.41, 5.74) is 10.6. The zero-order valence-corrected chi connectivity index (χ0v) is 10.2. The van der Waals surface area contributed by atoms with E-state index in [0.717, 1.165) is 15.9 Å². The maximum Gasteiger partial charge on any atom is 0.125 e. The van der Waals surface area contributed by atoms with Crippen LogP contribution in [-0.2, 0) is 0 Å². The lowest BCUT2D eigenvalue weighted by molar-refractivity contribution is 0.628. The lowest BCUT2D eigenvalue weighted by Gasteiger charge is -2.09. The molecule has 0 saturated carbocycles. The van der Waals surface area contributed by atoms with Gasteiger partial charge in [-0.1, -0.05) is 6.07 Å². The van der Waals surface area contributed by atoms with Gasteiger partial charge in [0.15, 0.2) is 0 Å². The van der Waals surface area contributed by atoms with Crippen molar-refractivity contribution in [2.75, 3.05) is 11.1 Å². The first kappa shape index (κ1) is 11.0. The number of fused-ring (bicyclic) bond motifs is 1. The SMILES string of the molecule is Nc1c(Nc2cccc(F)c2)ccc2scnc12. The number of nitrogens with two attached hydrogens (primary N) is 1. The third kappa shape index (κ3) is 1.89. The van der Waals surface area contributed by atoms with Crippen molar-refractivity contribution in [3.63, 3.8) is 0 Å². The second kappa shape index (κ2) is 4.27. The van der Waals surface area contributed by atoms with E-state index in [-0.39, 0.29) is 5.82 Å². The van der Waals surface area contributed by atoms with E-state index in [1.807, 2.05) is 12.1 Å². The van der Waals surface area contributed by atoms with Crippen LogP contribution < -0.4 is 11.1 Å². The molecule has 3 nitrogen and oxygen atoms in total. The molecule has 5 heteroatoms. The number of hydrogen-bond donors (Lipinski definition) is 2. The van der Waals surface area contributed by atoms with E-state index in [2.05, 4.69) is 10.3 Å². The third-order valence-electron chi connectivity index (χ3n) is 2.65. The molecule has 0 aliphatic carbocycles. The Balaban J connectivity index is 2.02. The summed E-state index contributed by atoms with van der Waals surface area (Å²) in [5, 5.41) is 3.09. The van der Waals surface area contributed by atoms with E-state index < -0.39 is 0 Å². The average molecular weight is 259 g/mol. The molecule has 0 atom stereocenters. The Morgan fingerprint density at radius 2 is 2.11 bits per heavy atom. The number of anilines is 3. The zero-order valence-electron chi connectivity index (χ0n) is 9.35. The Bertz CT molecular complexity index is 708. The molecule has 3 N–H and O–H groups in total. The number of rotatable bonds is 2. The van der Waals surface area contributed by atoms with Crippen LogP contribution in [-0.4, -0.2) is 4.98 Å². The van der Waals surface area contributed by atoms with E-state index in [4.69, 9.17) is 5.73 Å². The van der Waals surface area contributed by atoms with E-state index in [9.17, 15) is 4.39 Å². The molecule has 0 aliphatic rings. The van der Waals surface area contributed by atoms with Gasteiger partial charge in [-0.05, 0) is 30.3 Å². The number of hydrogen-bond acceptors (Lipinski definition) is 4. The number of halogens is 1. The molecule has 18 heavy (non-hydrogen) atoms. The highest BCUT2D eigenvalue weighted by Crippen LogP contribution is 2.31. The molecule has 1 aromatic heterocycles. The molecule has 0 saturated heterocycles. The molecule has 3 aromatic rings. The first-order chi connectivity index (χ1) is 8.74. The molecule has 0 bridgehead atoms. The highest BCUT2D eigenvalue weighted by Gasteiger charge is 2.07. The molecule has 0 amide bonds. The van der Waals surface area contributed by atoms with Crippen LogP contribution in [0.2, 0.25) is 0 Å². The fourth-order valence-corrected chi connectivity index (χ4v) is 2.48. The van der Waals surface area contributed by atoms with Crippen molar-refractivity contribution in [3.8, 4) is 0 Å². The van der Waals surface area contributed by atoms with Gasteiger partial charge < -0.3 is 11.1 Å².